The summed E-state index contributed by atoms with van der Waals surface area (Å²) < 4.78 is 19.3. The molecule has 0 bridgehead atoms. The van der Waals surface area contributed by atoms with E-state index < -0.39 is 23.9 Å². The van der Waals surface area contributed by atoms with Crippen molar-refractivity contribution in [3.8, 4) is 5.75 Å². The number of piperidine rings is 2. The van der Waals surface area contributed by atoms with Gasteiger partial charge in [0.2, 0.25) is 5.91 Å². The van der Waals surface area contributed by atoms with Gasteiger partial charge in [-0.1, -0.05) is 44.5 Å². The molecule has 0 aromatic heterocycles. The molecule has 13 nitrogen and oxygen atoms in total. The molecule has 2 fully saturated rings. The number of carbonyl (C=O) groups excluding carboxylic acids is 1. The molecule has 0 aliphatic carbocycles. The van der Waals surface area contributed by atoms with Gasteiger partial charge in [0.05, 0.1) is 13.0 Å². The number of carboxylic acid groups (broad SMARTS) is 4. The molecule has 2 aliphatic heterocycles. The topological polar surface area (TPSA) is 185 Å². The fourth-order valence-corrected chi connectivity index (χ4v) is 5.89. The average molecular weight is 718 g/mol. The molecule has 2 aromatic rings. The molecule has 1 atom stereocenters. The van der Waals surface area contributed by atoms with Crippen molar-refractivity contribution in [2.45, 2.75) is 84.3 Å². The first-order valence-electron chi connectivity index (χ1n) is 17.3. The van der Waals surface area contributed by atoms with Gasteiger partial charge in [-0.15, -0.1) is 0 Å². The SMILES string of the molecule is CC(C)COc1ccc(CC(=O)N(Cc2ccc(F)cc2)C2CCN(CCCN3CCCCC3C)CC2)cc1.O=C(O)C(=O)O.O=C(O)C(=O)O. The summed E-state index contributed by atoms with van der Waals surface area (Å²) in [6, 6.07) is 15.4. The monoisotopic (exact) mass is 717 g/mol. The highest BCUT2D eigenvalue weighted by atomic mass is 19.1. The third-order valence-electron chi connectivity index (χ3n) is 8.67. The third kappa shape index (κ3) is 16.8. The molecule has 14 heteroatoms. The molecule has 4 N–H and O–H groups in total. The maximum absolute atomic E-state index is 13.6. The Kier molecular flexibility index (Phi) is 18.6. The zero-order valence-electron chi connectivity index (χ0n) is 29.7. The number of carboxylic acids is 4. The number of likely N-dealkylation sites (tertiary alicyclic amines) is 2. The minimum absolute atomic E-state index is 0.132. The van der Waals surface area contributed by atoms with Gasteiger partial charge in [-0.05, 0) is 100.0 Å². The molecule has 2 saturated heterocycles. The molecule has 0 spiro atoms. The number of nitrogens with zero attached hydrogens (tertiary/aromatic N) is 3. The number of halogens is 1. The number of benzene rings is 2. The van der Waals surface area contributed by atoms with Crippen LogP contribution < -0.4 is 4.74 Å². The van der Waals surface area contributed by atoms with E-state index in [9.17, 15) is 9.18 Å². The van der Waals surface area contributed by atoms with Crippen LogP contribution >= 0.6 is 0 Å². The van der Waals surface area contributed by atoms with Gasteiger partial charge in [0.25, 0.3) is 0 Å². The Morgan fingerprint density at radius 1 is 0.784 bits per heavy atom. The smallest absolute Gasteiger partial charge is 0.414 e. The number of rotatable bonds is 12. The Hall–Kier alpha value is -4.56. The molecular weight excluding hydrogens is 665 g/mol. The number of ether oxygens (including phenoxy) is 1. The number of hydrogen-bond acceptors (Lipinski definition) is 8. The maximum Gasteiger partial charge on any atom is 0.414 e. The highest BCUT2D eigenvalue weighted by Gasteiger charge is 2.28. The summed E-state index contributed by atoms with van der Waals surface area (Å²) >= 11 is 0. The van der Waals surface area contributed by atoms with E-state index >= 15 is 0 Å². The van der Waals surface area contributed by atoms with Gasteiger partial charge in [0, 0.05) is 31.7 Å². The molecule has 2 aliphatic rings. The van der Waals surface area contributed by atoms with Crippen LogP contribution in [0.1, 0.15) is 70.4 Å². The maximum atomic E-state index is 13.6. The lowest BCUT2D eigenvalue weighted by atomic mass is 10.00. The largest absolute Gasteiger partial charge is 0.493 e. The summed E-state index contributed by atoms with van der Waals surface area (Å²) in [5, 5.41) is 29.6. The number of carbonyl (C=O) groups is 5. The van der Waals surface area contributed by atoms with Crippen LogP contribution in [0.15, 0.2) is 48.5 Å². The summed E-state index contributed by atoms with van der Waals surface area (Å²) in [6.45, 7) is 13.4. The van der Waals surface area contributed by atoms with E-state index in [1.807, 2.05) is 29.2 Å². The van der Waals surface area contributed by atoms with Gasteiger partial charge < -0.3 is 39.9 Å². The highest BCUT2D eigenvalue weighted by Crippen LogP contribution is 2.23. The van der Waals surface area contributed by atoms with Crippen LogP contribution in [0, 0.1) is 11.7 Å². The molecule has 4 rings (SSSR count). The molecule has 2 heterocycles. The molecule has 1 unspecified atom stereocenters. The van der Waals surface area contributed by atoms with Crippen molar-refractivity contribution in [3.63, 3.8) is 0 Å². The van der Waals surface area contributed by atoms with Gasteiger partial charge >= 0.3 is 23.9 Å². The molecule has 0 saturated carbocycles. The average Bonchev–Trinajstić information content (AvgIpc) is 3.09. The lowest BCUT2D eigenvalue weighted by molar-refractivity contribution is -0.159. The Balaban J connectivity index is 0.000000645. The van der Waals surface area contributed by atoms with Gasteiger partial charge in [-0.3, -0.25) is 4.79 Å². The fraction of sp³-hybridized carbons (Fsp3) is 0.541. The minimum atomic E-state index is -1.82. The molecular formula is C37H52FN3O10. The van der Waals surface area contributed by atoms with Crippen molar-refractivity contribution < 1.29 is 53.5 Å². The van der Waals surface area contributed by atoms with Crippen molar-refractivity contribution in [2.75, 3.05) is 39.3 Å². The minimum Gasteiger partial charge on any atom is -0.493 e. The van der Waals surface area contributed by atoms with Crippen molar-refractivity contribution in [1.29, 1.82) is 0 Å². The van der Waals surface area contributed by atoms with E-state index in [4.69, 9.17) is 44.3 Å². The van der Waals surface area contributed by atoms with Crippen molar-refractivity contribution in [2.24, 2.45) is 5.92 Å². The van der Waals surface area contributed by atoms with Gasteiger partial charge in [0.15, 0.2) is 0 Å². The van der Waals surface area contributed by atoms with Crippen LogP contribution in [0.2, 0.25) is 0 Å². The van der Waals surface area contributed by atoms with Crippen LogP contribution in [0.4, 0.5) is 4.39 Å². The van der Waals surface area contributed by atoms with Crippen molar-refractivity contribution >= 4 is 29.8 Å². The van der Waals surface area contributed by atoms with Crippen LogP contribution in [0.5, 0.6) is 5.75 Å². The van der Waals surface area contributed by atoms with E-state index in [0.717, 1.165) is 55.4 Å². The van der Waals surface area contributed by atoms with E-state index in [1.165, 1.54) is 50.9 Å². The Labute approximate surface area is 298 Å². The second kappa shape index (κ2) is 22.3. The first kappa shape index (κ1) is 42.6. The number of amides is 1. The molecule has 0 radical (unpaired) electrons. The van der Waals surface area contributed by atoms with E-state index in [-0.39, 0.29) is 17.8 Å². The molecule has 2 aromatic carbocycles. The summed E-state index contributed by atoms with van der Waals surface area (Å²) in [5.74, 6) is -6.10. The number of aliphatic carboxylic acids is 4. The van der Waals surface area contributed by atoms with Crippen molar-refractivity contribution in [3.05, 3.63) is 65.5 Å². The quantitative estimate of drug-likeness (QED) is 0.226. The van der Waals surface area contributed by atoms with Gasteiger partial charge in [-0.25, -0.2) is 23.6 Å². The predicted molar refractivity (Wildman–Crippen MR) is 187 cm³/mol. The fourth-order valence-electron chi connectivity index (χ4n) is 5.89. The van der Waals surface area contributed by atoms with Crippen LogP contribution in [-0.4, -0.2) is 116 Å². The van der Waals surface area contributed by atoms with Gasteiger partial charge in [-0.2, -0.15) is 0 Å². The Morgan fingerprint density at radius 3 is 1.84 bits per heavy atom. The van der Waals surface area contributed by atoms with Crippen LogP contribution in [0.3, 0.4) is 0 Å². The highest BCUT2D eigenvalue weighted by molar-refractivity contribution is 6.27. The zero-order chi connectivity index (χ0) is 37.9. The van der Waals surface area contributed by atoms with E-state index in [0.29, 0.717) is 25.5 Å². The van der Waals surface area contributed by atoms with Crippen molar-refractivity contribution in [1.82, 2.24) is 14.7 Å². The molecule has 51 heavy (non-hydrogen) atoms. The lowest BCUT2D eigenvalue weighted by Crippen LogP contribution is -2.48. The molecule has 1 amide bonds. The summed E-state index contributed by atoms with van der Waals surface area (Å²) in [7, 11) is 0. The lowest BCUT2D eigenvalue weighted by Gasteiger charge is -2.39. The van der Waals surface area contributed by atoms with Gasteiger partial charge in [0.1, 0.15) is 11.6 Å². The summed E-state index contributed by atoms with van der Waals surface area (Å²) in [4.78, 5) is 57.3. The predicted octanol–water partition coefficient (Wildman–Crippen LogP) is 4.47. The van der Waals surface area contributed by atoms with E-state index in [1.54, 1.807) is 12.1 Å². The summed E-state index contributed by atoms with van der Waals surface area (Å²) in [6.07, 6.45) is 7.58. The normalized spacial score (nSPS) is 16.5. The molecule has 282 valence electrons. The first-order chi connectivity index (χ1) is 24.2. The first-order valence-corrected chi connectivity index (χ1v) is 17.3. The second-order valence-corrected chi connectivity index (χ2v) is 13.2. The third-order valence-corrected chi connectivity index (χ3v) is 8.67. The summed E-state index contributed by atoms with van der Waals surface area (Å²) in [5.41, 5.74) is 1.96. The second-order valence-electron chi connectivity index (χ2n) is 13.2. The van der Waals surface area contributed by atoms with Crippen LogP contribution in [0.25, 0.3) is 0 Å². The Morgan fingerprint density at radius 2 is 1.33 bits per heavy atom. The zero-order valence-corrected chi connectivity index (χ0v) is 29.7. The number of hydrogen-bond donors (Lipinski definition) is 4. The standard InChI is InChI=1S/C33H48FN3O2.2C2H2O4/c1-26(2)25-39-32-14-10-28(11-15-32)23-33(38)37(24-29-8-12-30(34)13-9-29)31-16-21-35(22-17-31)18-6-20-36-19-5-4-7-27(36)3;2*3-1(4)2(5)6/h8-15,26-27,31H,4-7,16-25H2,1-3H3;2*(H,3,4)(H,5,6). The van der Waals surface area contributed by atoms with E-state index in [2.05, 4.69) is 30.6 Å². The Bertz CT molecular complexity index is 1350. The van der Waals surface area contributed by atoms with Crippen LogP contribution in [-0.2, 0) is 36.9 Å².